The van der Waals surface area contributed by atoms with Crippen LogP contribution in [0.25, 0.3) is 0 Å². The maximum Gasteiger partial charge on any atom is 0.410 e. The van der Waals surface area contributed by atoms with Crippen LogP contribution >= 0.6 is 11.3 Å². The van der Waals surface area contributed by atoms with Crippen LogP contribution in [0.5, 0.6) is 0 Å². The summed E-state index contributed by atoms with van der Waals surface area (Å²) >= 11 is 1.84. The Kier molecular flexibility index (Phi) is 5.87. The van der Waals surface area contributed by atoms with Gasteiger partial charge in [0.15, 0.2) is 0 Å². The lowest BCUT2D eigenvalue weighted by molar-refractivity contribution is 0.0265. The zero-order chi connectivity index (χ0) is 17.0. The highest BCUT2D eigenvalue weighted by Gasteiger charge is 2.23. The molecule has 0 aliphatic carbocycles. The van der Waals surface area contributed by atoms with Gasteiger partial charge < -0.3 is 15.0 Å². The largest absolute Gasteiger partial charge is 0.444 e. The van der Waals surface area contributed by atoms with E-state index in [0.29, 0.717) is 12.6 Å². The number of nitrogens with one attached hydrogen (secondary N) is 1. The minimum absolute atomic E-state index is 0.219. The Labute approximate surface area is 143 Å². The van der Waals surface area contributed by atoms with Crippen molar-refractivity contribution >= 4 is 17.4 Å². The van der Waals surface area contributed by atoms with Crippen LogP contribution in [0.1, 0.15) is 49.9 Å². The molecule has 2 rings (SSSR count). The van der Waals surface area contributed by atoms with Gasteiger partial charge >= 0.3 is 6.09 Å². The first-order valence-electron chi connectivity index (χ1n) is 8.20. The van der Waals surface area contributed by atoms with Crippen molar-refractivity contribution < 1.29 is 9.53 Å². The van der Waals surface area contributed by atoms with Crippen LogP contribution in [-0.2, 0) is 4.74 Å². The molecule has 0 spiro atoms. The molecule has 128 valence electrons. The smallest absolute Gasteiger partial charge is 0.410 e. The molecule has 4 nitrogen and oxygen atoms in total. The van der Waals surface area contributed by atoms with Crippen LogP contribution in [0.3, 0.4) is 0 Å². The zero-order valence-electron chi connectivity index (χ0n) is 14.8. The van der Waals surface area contributed by atoms with E-state index in [2.05, 4.69) is 37.4 Å². The molecular formula is C18H28N2O2S. The van der Waals surface area contributed by atoms with Crippen LogP contribution in [0.4, 0.5) is 4.79 Å². The fourth-order valence-corrected chi connectivity index (χ4v) is 3.34. The summed E-state index contributed by atoms with van der Waals surface area (Å²) in [5.41, 5.74) is 0.932. The fourth-order valence-electron chi connectivity index (χ4n) is 2.43. The molecule has 23 heavy (non-hydrogen) atoms. The fraction of sp³-hybridized carbons (Fsp3) is 0.611. The first kappa shape index (κ1) is 18.0. The maximum atomic E-state index is 12.0. The third kappa shape index (κ3) is 5.66. The van der Waals surface area contributed by atoms with E-state index in [1.54, 1.807) is 4.90 Å². The normalized spacial score (nSPS) is 16.9. The Hall–Kier alpha value is -1.33. The van der Waals surface area contributed by atoms with Crippen molar-refractivity contribution in [2.75, 3.05) is 19.6 Å². The predicted molar refractivity (Wildman–Crippen MR) is 96.0 cm³/mol. The molecule has 1 N–H and O–H groups in total. The monoisotopic (exact) mass is 336 g/mol. The summed E-state index contributed by atoms with van der Waals surface area (Å²) < 4.78 is 5.41. The number of thiophene rings is 1. The molecule has 1 aromatic rings. The molecule has 1 atom stereocenters. The number of amides is 1. The van der Waals surface area contributed by atoms with Crippen LogP contribution in [-0.4, -0.2) is 36.2 Å². The third-order valence-corrected chi connectivity index (χ3v) is 4.96. The van der Waals surface area contributed by atoms with E-state index >= 15 is 0 Å². The number of rotatable bonds is 4. The van der Waals surface area contributed by atoms with Gasteiger partial charge in [-0.2, -0.15) is 0 Å². The van der Waals surface area contributed by atoms with Gasteiger partial charge in [-0.05, 0) is 53.2 Å². The quantitative estimate of drug-likeness (QED) is 0.835. The second-order valence-corrected chi connectivity index (χ2v) is 8.41. The topological polar surface area (TPSA) is 41.6 Å². The summed E-state index contributed by atoms with van der Waals surface area (Å²) in [5, 5.41) is 3.57. The second kappa shape index (κ2) is 7.49. The molecule has 0 aromatic carbocycles. The molecule has 1 aliphatic heterocycles. The Morgan fingerprint density at radius 3 is 2.70 bits per heavy atom. The molecular weight excluding hydrogens is 308 g/mol. The minimum Gasteiger partial charge on any atom is -0.444 e. The van der Waals surface area contributed by atoms with Crippen molar-refractivity contribution in [2.24, 2.45) is 0 Å². The number of nitrogens with zero attached hydrogens (tertiary/aromatic N) is 1. The van der Waals surface area contributed by atoms with Crippen molar-refractivity contribution in [3.05, 3.63) is 33.5 Å². The van der Waals surface area contributed by atoms with Crippen molar-refractivity contribution in [1.29, 1.82) is 0 Å². The Morgan fingerprint density at radius 2 is 2.17 bits per heavy atom. The van der Waals surface area contributed by atoms with Gasteiger partial charge in [-0.3, -0.25) is 0 Å². The SMILES string of the molecule is Cc1ccc(C(C)NCC2=CCN(C(=O)OC(C)(C)C)CC2)s1. The molecule has 0 saturated heterocycles. The van der Waals surface area contributed by atoms with E-state index in [1.165, 1.54) is 15.3 Å². The standard InChI is InChI=1S/C18H28N2O2S/c1-13-6-7-16(23-13)14(2)19-12-15-8-10-20(11-9-15)17(21)22-18(3,4)5/h6-8,14,19H,9-12H2,1-5H3. The number of aryl methyl sites for hydroxylation is 1. The Morgan fingerprint density at radius 1 is 1.43 bits per heavy atom. The van der Waals surface area contributed by atoms with Crippen molar-refractivity contribution in [3.8, 4) is 0 Å². The van der Waals surface area contributed by atoms with Crippen LogP contribution in [0, 0.1) is 6.92 Å². The highest BCUT2D eigenvalue weighted by molar-refractivity contribution is 7.12. The molecule has 0 radical (unpaired) electrons. The Bertz CT molecular complexity index is 572. The molecule has 1 aromatic heterocycles. The van der Waals surface area contributed by atoms with E-state index in [9.17, 15) is 4.79 Å². The van der Waals surface area contributed by atoms with Gasteiger partial charge in [0.05, 0.1) is 0 Å². The minimum atomic E-state index is -0.434. The molecule has 1 aliphatic rings. The summed E-state index contributed by atoms with van der Waals surface area (Å²) in [6.45, 7) is 12.3. The number of ether oxygens (including phenoxy) is 1. The lowest BCUT2D eigenvalue weighted by Gasteiger charge is -2.30. The average Bonchev–Trinajstić information content (AvgIpc) is 2.90. The first-order valence-corrected chi connectivity index (χ1v) is 9.02. The van der Waals surface area contributed by atoms with Crippen LogP contribution in [0.15, 0.2) is 23.8 Å². The summed E-state index contributed by atoms with van der Waals surface area (Å²) in [5.74, 6) is 0. The predicted octanol–water partition coefficient (Wildman–Crippen LogP) is 4.27. The van der Waals surface area contributed by atoms with Gasteiger partial charge in [0.1, 0.15) is 5.60 Å². The maximum absolute atomic E-state index is 12.0. The van der Waals surface area contributed by atoms with E-state index in [-0.39, 0.29) is 6.09 Å². The third-order valence-electron chi connectivity index (χ3n) is 3.78. The highest BCUT2D eigenvalue weighted by Crippen LogP contribution is 2.23. The summed E-state index contributed by atoms with van der Waals surface area (Å²) in [6, 6.07) is 4.71. The number of hydrogen-bond donors (Lipinski definition) is 1. The lowest BCUT2D eigenvalue weighted by atomic mass is 10.1. The van der Waals surface area contributed by atoms with Gasteiger partial charge in [-0.1, -0.05) is 11.6 Å². The van der Waals surface area contributed by atoms with Gasteiger partial charge in [0.2, 0.25) is 0 Å². The van der Waals surface area contributed by atoms with Crippen LogP contribution in [0.2, 0.25) is 0 Å². The van der Waals surface area contributed by atoms with Gasteiger partial charge in [0.25, 0.3) is 0 Å². The molecule has 0 fully saturated rings. The lowest BCUT2D eigenvalue weighted by Crippen LogP contribution is -2.40. The van der Waals surface area contributed by atoms with Crippen molar-refractivity contribution in [3.63, 3.8) is 0 Å². The van der Waals surface area contributed by atoms with Gasteiger partial charge in [-0.15, -0.1) is 11.3 Å². The van der Waals surface area contributed by atoms with Gasteiger partial charge in [0, 0.05) is 35.4 Å². The molecule has 1 unspecified atom stereocenters. The highest BCUT2D eigenvalue weighted by atomic mass is 32.1. The first-order chi connectivity index (χ1) is 10.7. The number of hydrogen-bond acceptors (Lipinski definition) is 4. The molecule has 0 bridgehead atoms. The summed E-state index contributed by atoms with van der Waals surface area (Å²) in [6.07, 6.45) is 2.83. The summed E-state index contributed by atoms with van der Waals surface area (Å²) in [4.78, 5) is 16.5. The van der Waals surface area contributed by atoms with E-state index in [0.717, 1.165) is 19.5 Å². The number of carbonyl (C=O) groups is 1. The molecule has 1 amide bonds. The van der Waals surface area contributed by atoms with Crippen molar-refractivity contribution in [2.45, 2.75) is 52.7 Å². The number of carbonyl (C=O) groups excluding carboxylic acids is 1. The average molecular weight is 337 g/mol. The van der Waals surface area contributed by atoms with E-state index in [1.807, 2.05) is 32.1 Å². The zero-order valence-corrected chi connectivity index (χ0v) is 15.6. The van der Waals surface area contributed by atoms with Crippen LogP contribution < -0.4 is 5.32 Å². The Balaban J connectivity index is 1.79. The molecule has 0 saturated carbocycles. The van der Waals surface area contributed by atoms with E-state index in [4.69, 9.17) is 4.74 Å². The second-order valence-electron chi connectivity index (χ2n) is 7.09. The molecule has 2 heterocycles. The van der Waals surface area contributed by atoms with Crippen molar-refractivity contribution in [1.82, 2.24) is 10.2 Å². The van der Waals surface area contributed by atoms with E-state index < -0.39 is 5.60 Å². The molecule has 5 heteroatoms. The van der Waals surface area contributed by atoms with Gasteiger partial charge in [-0.25, -0.2) is 4.79 Å². The summed E-state index contributed by atoms with van der Waals surface area (Å²) in [7, 11) is 0.